The first-order chi connectivity index (χ1) is 39.7. The molecule has 4 nitrogen and oxygen atoms in total. The summed E-state index contributed by atoms with van der Waals surface area (Å²) in [5.74, 6) is 0. The van der Waals surface area contributed by atoms with Crippen LogP contribution >= 0.6 is 0 Å². The Labute approximate surface area is 456 Å². The van der Waals surface area contributed by atoms with E-state index in [-0.39, 0.29) is 0 Å². The van der Waals surface area contributed by atoms with Crippen molar-refractivity contribution in [3.05, 3.63) is 255 Å². The van der Waals surface area contributed by atoms with E-state index in [2.05, 4.69) is 243 Å². The van der Waals surface area contributed by atoms with E-state index in [1.165, 1.54) is 65.3 Å². The average Bonchev–Trinajstić information content (AvgIpc) is 4.44. The van der Waals surface area contributed by atoms with Crippen molar-refractivity contribution in [1.82, 2.24) is 0 Å². The molecule has 0 aliphatic rings. The lowest BCUT2D eigenvalue weighted by atomic mass is 9.84. The van der Waals surface area contributed by atoms with Crippen LogP contribution in [0.3, 0.4) is 0 Å². The molecule has 4 heteroatoms. The molecule has 18 rings (SSSR count). The standard InChI is InChI=1S/C76H42O4/c1-3-20-49-47(18-1)69(48-19-2-4-21-50(48)72(49)59-31-14-28-55-46-17-9-11-33-63(46)79-76(55)59)44-38-40-66-62(42-44)61-41-43(37-39-65(61)77-66)45-27-13-32-60-74-58(30-16-36-68(74)80-75(45)60)71-53-24-7-5-22-51(53)70(52-23-6-8-25-54(52)71)57-29-15-35-67-73(57)56-26-10-12-34-64(56)78-67/h1-42H. The van der Waals surface area contributed by atoms with Gasteiger partial charge in [-0.05, 0) is 131 Å². The topological polar surface area (TPSA) is 52.6 Å². The Bertz CT molecular complexity index is 5570. The Morgan fingerprint density at radius 2 is 0.512 bits per heavy atom. The lowest BCUT2D eigenvalue weighted by Crippen LogP contribution is -1.91. The molecule has 0 fully saturated rings. The fourth-order valence-corrected chi connectivity index (χ4v) is 13.7. The normalized spacial score (nSPS) is 12.2. The number of rotatable bonds is 5. The molecule has 14 aromatic carbocycles. The summed E-state index contributed by atoms with van der Waals surface area (Å²) >= 11 is 0. The van der Waals surface area contributed by atoms with Gasteiger partial charge in [0.2, 0.25) is 0 Å². The number of furan rings is 4. The minimum atomic E-state index is 0.836. The van der Waals surface area contributed by atoms with Crippen LogP contribution in [0, 0.1) is 0 Å². The largest absolute Gasteiger partial charge is 0.456 e. The predicted molar refractivity (Wildman–Crippen MR) is 333 cm³/mol. The molecule has 370 valence electrons. The predicted octanol–water partition coefficient (Wildman–Crippen LogP) is 22.2. The number of para-hydroxylation sites is 4. The zero-order chi connectivity index (χ0) is 52.2. The van der Waals surface area contributed by atoms with Crippen LogP contribution < -0.4 is 0 Å². The van der Waals surface area contributed by atoms with Crippen LogP contribution in [0.2, 0.25) is 0 Å². The molecule has 0 spiro atoms. The van der Waals surface area contributed by atoms with E-state index < -0.39 is 0 Å². The van der Waals surface area contributed by atoms with Gasteiger partial charge in [0, 0.05) is 59.8 Å². The summed E-state index contributed by atoms with van der Waals surface area (Å²) in [6, 6.07) is 91.4. The Morgan fingerprint density at radius 1 is 0.175 bits per heavy atom. The quantitative estimate of drug-likeness (QED) is 0.161. The third-order valence-electron chi connectivity index (χ3n) is 17.1. The molecule has 80 heavy (non-hydrogen) atoms. The summed E-state index contributed by atoms with van der Waals surface area (Å²) in [5, 5.41) is 18.2. The highest BCUT2D eigenvalue weighted by Gasteiger charge is 2.25. The van der Waals surface area contributed by atoms with E-state index >= 15 is 0 Å². The van der Waals surface area contributed by atoms with Crippen molar-refractivity contribution < 1.29 is 17.7 Å². The Kier molecular flexibility index (Phi) is 8.91. The van der Waals surface area contributed by atoms with Gasteiger partial charge in [-0.3, -0.25) is 0 Å². The lowest BCUT2D eigenvalue weighted by molar-refractivity contribution is 0.668. The van der Waals surface area contributed by atoms with Crippen LogP contribution in [0.25, 0.3) is 186 Å². The summed E-state index contributed by atoms with van der Waals surface area (Å²) in [7, 11) is 0. The Hall–Kier alpha value is -10.7. The van der Waals surface area contributed by atoms with Gasteiger partial charge in [-0.2, -0.15) is 0 Å². The second kappa shape index (κ2) is 16.4. The summed E-state index contributed by atoms with van der Waals surface area (Å²) in [4.78, 5) is 0. The molecular weight excluding hydrogens is 977 g/mol. The maximum atomic E-state index is 7.08. The van der Waals surface area contributed by atoms with Crippen LogP contribution in [0.4, 0.5) is 0 Å². The van der Waals surface area contributed by atoms with E-state index in [9.17, 15) is 0 Å². The Morgan fingerprint density at radius 3 is 1.10 bits per heavy atom. The molecule has 0 radical (unpaired) electrons. The zero-order valence-corrected chi connectivity index (χ0v) is 42.9. The summed E-state index contributed by atoms with van der Waals surface area (Å²) < 4.78 is 26.9. The molecule has 0 aliphatic heterocycles. The summed E-state index contributed by atoms with van der Waals surface area (Å²) in [6.07, 6.45) is 0. The lowest BCUT2D eigenvalue weighted by Gasteiger charge is -2.18. The molecule has 0 aliphatic carbocycles. The van der Waals surface area contributed by atoms with Crippen molar-refractivity contribution >= 4 is 131 Å². The van der Waals surface area contributed by atoms with Gasteiger partial charge < -0.3 is 17.7 Å². The molecule has 0 bridgehead atoms. The zero-order valence-electron chi connectivity index (χ0n) is 42.9. The molecule has 0 unspecified atom stereocenters. The van der Waals surface area contributed by atoms with Crippen molar-refractivity contribution in [2.75, 3.05) is 0 Å². The third kappa shape index (κ3) is 6.04. The fourth-order valence-electron chi connectivity index (χ4n) is 13.7. The van der Waals surface area contributed by atoms with Crippen molar-refractivity contribution in [2.24, 2.45) is 0 Å². The summed E-state index contributed by atoms with van der Waals surface area (Å²) in [5.41, 5.74) is 18.3. The average molecular weight is 1020 g/mol. The van der Waals surface area contributed by atoms with Crippen LogP contribution in [0.15, 0.2) is 272 Å². The number of fused-ring (bicyclic) bond motifs is 16. The molecule has 4 heterocycles. The minimum Gasteiger partial charge on any atom is -0.456 e. The molecular formula is C76H42O4. The van der Waals surface area contributed by atoms with Gasteiger partial charge in [0.25, 0.3) is 0 Å². The number of hydrogen-bond acceptors (Lipinski definition) is 4. The fraction of sp³-hybridized carbons (Fsp3) is 0. The first-order valence-corrected chi connectivity index (χ1v) is 27.3. The minimum absolute atomic E-state index is 0.836. The summed E-state index contributed by atoms with van der Waals surface area (Å²) in [6.45, 7) is 0. The van der Waals surface area contributed by atoms with Gasteiger partial charge in [-0.1, -0.05) is 206 Å². The van der Waals surface area contributed by atoms with Crippen LogP contribution in [0.5, 0.6) is 0 Å². The number of benzene rings is 14. The van der Waals surface area contributed by atoms with Gasteiger partial charge >= 0.3 is 0 Å². The van der Waals surface area contributed by atoms with Gasteiger partial charge in [-0.15, -0.1) is 0 Å². The van der Waals surface area contributed by atoms with Crippen molar-refractivity contribution in [3.8, 4) is 55.6 Å². The molecule has 0 saturated heterocycles. The van der Waals surface area contributed by atoms with Crippen LogP contribution in [0.1, 0.15) is 0 Å². The maximum absolute atomic E-state index is 7.08. The number of hydrogen-bond donors (Lipinski definition) is 0. The van der Waals surface area contributed by atoms with E-state index in [0.717, 1.165) is 121 Å². The van der Waals surface area contributed by atoms with Crippen LogP contribution in [-0.4, -0.2) is 0 Å². The maximum Gasteiger partial charge on any atom is 0.143 e. The second-order valence-corrected chi connectivity index (χ2v) is 21.2. The Balaban J connectivity index is 0.808. The van der Waals surface area contributed by atoms with E-state index in [1.807, 2.05) is 12.1 Å². The SMILES string of the molecule is c1ccc2c(c1)oc1c(-c3c4ccccc4c(-c4ccc5oc6ccc(-c7cccc8c7oc7cccc(-c9c%10ccccc%10c(-c%10cccc%11oc%12ccccc%12c%10%11)c%10ccccc9%10)c78)cc6c5c4)c4ccccc34)cccc12. The molecule has 0 N–H and O–H groups in total. The van der Waals surface area contributed by atoms with E-state index in [0.29, 0.717) is 0 Å². The van der Waals surface area contributed by atoms with Gasteiger partial charge in [0.1, 0.15) is 44.7 Å². The van der Waals surface area contributed by atoms with Gasteiger partial charge in [-0.25, -0.2) is 0 Å². The highest BCUT2D eigenvalue weighted by Crippen LogP contribution is 2.51. The molecule has 0 saturated carbocycles. The van der Waals surface area contributed by atoms with Crippen molar-refractivity contribution in [2.45, 2.75) is 0 Å². The highest BCUT2D eigenvalue weighted by molar-refractivity contribution is 6.29. The van der Waals surface area contributed by atoms with Crippen molar-refractivity contribution in [3.63, 3.8) is 0 Å². The van der Waals surface area contributed by atoms with Gasteiger partial charge in [0.15, 0.2) is 0 Å². The monoisotopic (exact) mass is 1020 g/mol. The smallest absolute Gasteiger partial charge is 0.143 e. The second-order valence-electron chi connectivity index (χ2n) is 21.2. The van der Waals surface area contributed by atoms with Crippen LogP contribution in [-0.2, 0) is 0 Å². The molecule has 4 aromatic heterocycles. The van der Waals surface area contributed by atoms with E-state index in [1.54, 1.807) is 0 Å². The highest BCUT2D eigenvalue weighted by atomic mass is 16.3. The third-order valence-corrected chi connectivity index (χ3v) is 17.1. The van der Waals surface area contributed by atoms with E-state index in [4.69, 9.17) is 17.7 Å². The molecule has 0 atom stereocenters. The first kappa shape index (κ1) is 43.4. The molecule has 18 aromatic rings. The first-order valence-electron chi connectivity index (χ1n) is 27.3. The molecule has 0 amide bonds. The van der Waals surface area contributed by atoms with Gasteiger partial charge in [0.05, 0.1) is 0 Å². The van der Waals surface area contributed by atoms with Crippen molar-refractivity contribution in [1.29, 1.82) is 0 Å².